The van der Waals surface area contributed by atoms with E-state index in [1.54, 1.807) is 23.3 Å². The number of carbonyl (C=O) groups is 2. The zero-order valence-corrected chi connectivity index (χ0v) is 14.9. The van der Waals surface area contributed by atoms with E-state index in [2.05, 4.69) is 9.97 Å². The maximum absolute atomic E-state index is 12.4. The number of carbonyl (C=O) groups excluding carboxylic acids is 2. The van der Waals surface area contributed by atoms with Crippen LogP contribution < -0.4 is 0 Å². The van der Waals surface area contributed by atoms with Gasteiger partial charge in [-0.05, 0) is 31.2 Å². The van der Waals surface area contributed by atoms with Crippen LogP contribution in [0.25, 0.3) is 11.0 Å². The zero-order valence-electron chi connectivity index (χ0n) is 14.9. The van der Waals surface area contributed by atoms with Crippen LogP contribution in [0.3, 0.4) is 0 Å². The molecule has 3 aromatic rings. The lowest BCUT2D eigenvalue weighted by molar-refractivity contribution is -0.149. The Balaban J connectivity index is 1.38. The molecule has 0 aliphatic carbocycles. The highest BCUT2D eigenvalue weighted by Crippen LogP contribution is 2.22. The Morgan fingerprint density at radius 1 is 1.22 bits per heavy atom. The first-order chi connectivity index (χ1) is 13.1. The maximum Gasteiger partial charge on any atom is 0.311 e. The predicted octanol–water partition coefficient (Wildman–Crippen LogP) is 2.62. The highest BCUT2D eigenvalue weighted by Gasteiger charge is 2.35. The fourth-order valence-corrected chi connectivity index (χ4v) is 3.19. The quantitative estimate of drug-likeness (QED) is 0.646. The van der Waals surface area contributed by atoms with E-state index in [4.69, 9.17) is 9.15 Å². The van der Waals surface area contributed by atoms with Crippen molar-refractivity contribution in [2.24, 2.45) is 5.92 Å². The van der Waals surface area contributed by atoms with Crippen molar-refractivity contribution >= 4 is 22.9 Å². The monoisotopic (exact) mass is 365 g/mol. The number of ether oxygens (including phenoxy) is 1. The minimum atomic E-state index is -0.471. The number of fused-ring (bicyclic) bond motifs is 1. The largest absolute Gasteiger partial charge is 0.467 e. The van der Waals surface area contributed by atoms with Crippen molar-refractivity contribution in [3.05, 3.63) is 59.8 Å². The summed E-state index contributed by atoms with van der Waals surface area (Å²) in [6, 6.07) is 11.1. The predicted molar refractivity (Wildman–Crippen MR) is 96.3 cm³/mol. The Morgan fingerprint density at radius 3 is 2.74 bits per heavy atom. The van der Waals surface area contributed by atoms with E-state index >= 15 is 0 Å². The summed E-state index contributed by atoms with van der Waals surface area (Å²) in [6.45, 7) is 2.59. The van der Waals surface area contributed by atoms with Gasteiger partial charge >= 0.3 is 5.97 Å². The summed E-state index contributed by atoms with van der Waals surface area (Å²) in [5.41, 5.74) is 2.91. The summed E-state index contributed by atoms with van der Waals surface area (Å²) in [5.74, 6) is -0.240. The molecule has 1 aliphatic rings. The number of esters is 1. The zero-order chi connectivity index (χ0) is 18.8. The molecule has 0 bridgehead atoms. The number of para-hydroxylation sites is 2. The van der Waals surface area contributed by atoms with Crippen molar-refractivity contribution < 1.29 is 18.7 Å². The van der Waals surface area contributed by atoms with E-state index in [0.29, 0.717) is 24.5 Å². The maximum atomic E-state index is 12.4. The Bertz CT molecular complexity index is 984. The summed E-state index contributed by atoms with van der Waals surface area (Å²) in [7, 11) is 0. The molecule has 0 N–H and O–H groups in total. The van der Waals surface area contributed by atoms with Crippen molar-refractivity contribution in [2.75, 3.05) is 6.54 Å². The lowest BCUT2D eigenvalue weighted by atomic mass is 10.1. The number of aryl methyl sites for hydroxylation is 1. The van der Waals surface area contributed by atoms with Crippen molar-refractivity contribution in [1.29, 1.82) is 0 Å². The smallest absolute Gasteiger partial charge is 0.311 e. The van der Waals surface area contributed by atoms with Crippen LogP contribution in [0.1, 0.15) is 23.6 Å². The van der Waals surface area contributed by atoms with E-state index in [1.807, 2.05) is 31.2 Å². The van der Waals surface area contributed by atoms with Crippen LogP contribution in [0.15, 0.2) is 47.1 Å². The van der Waals surface area contributed by atoms with Crippen LogP contribution in [0.2, 0.25) is 0 Å². The summed E-state index contributed by atoms with van der Waals surface area (Å²) in [4.78, 5) is 35.2. The van der Waals surface area contributed by atoms with E-state index < -0.39 is 5.92 Å². The molecule has 2 aromatic heterocycles. The first kappa shape index (κ1) is 17.2. The molecular formula is C20H19N3O4. The van der Waals surface area contributed by atoms with Gasteiger partial charge in [0.05, 0.1) is 41.1 Å². The molecule has 1 atom stereocenters. The van der Waals surface area contributed by atoms with Gasteiger partial charge in [0.25, 0.3) is 0 Å². The lowest BCUT2D eigenvalue weighted by Gasteiger charge is -2.15. The van der Waals surface area contributed by atoms with Crippen LogP contribution in [0, 0.1) is 12.8 Å². The molecule has 1 amide bonds. The molecule has 1 aliphatic heterocycles. The topological polar surface area (TPSA) is 85.5 Å². The number of hydrogen-bond donors (Lipinski definition) is 0. The Hall–Kier alpha value is -3.22. The number of hydrogen-bond acceptors (Lipinski definition) is 6. The molecule has 138 valence electrons. The summed E-state index contributed by atoms with van der Waals surface area (Å²) in [5, 5.41) is 0. The van der Waals surface area contributed by atoms with E-state index in [9.17, 15) is 9.59 Å². The average molecular weight is 365 g/mol. The second-order valence-corrected chi connectivity index (χ2v) is 6.61. The van der Waals surface area contributed by atoms with Gasteiger partial charge in [-0.15, -0.1) is 0 Å². The first-order valence-corrected chi connectivity index (χ1v) is 8.79. The van der Waals surface area contributed by atoms with Crippen molar-refractivity contribution in [3.63, 3.8) is 0 Å². The van der Waals surface area contributed by atoms with Gasteiger partial charge in [0.2, 0.25) is 5.91 Å². The minimum absolute atomic E-state index is 0.0470. The highest BCUT2D eigenvalue weighted by molar-refractivity contribution is 5.86. The standard InChI is InChI=1S/C20H19N3O4/c1-13-18(22-17-7-3-2-6-16(17)21-13)12-27-20(25)14-9-19(24)23(10-14)11-15-5-4-8-26-15/h2-8,14H,9-12H2,1H3. The number of aromatic nitrogens is 2. The molecule has 4 rings (SSSR count). The van der Waals surface area contributed by atoms with Crippen LogP contribution in [-0.4, -0.2) is 33.3 Å². The molecule has 0 spiro atoms. The minimum Gasteiger partial charge on any atom is -0.467 e. The highest BCUT2D eigenvalue weighted by atomic mass is 16.5. The fourth-order valence-electron chi connectivity index (χ4n) is 3.19. The van der Waals surface area contributed by atoms with Crippen molar-refractivity contribution in [1.82, 2.24) is 14.9 Å². The lowest BCUT2D eigenvalue weighted by Crippen LogP contribution is -2.26. The van der Waals surface area contributed by atoms with Gasteiger partial charge in [0.1, 0.15) is 12.4 Å². The second kappa shape index (κ2) is 7.19. The molecule has 1 aromatic carbocycles. The third-order valence-corrected chi connectivity index (χ3v) is 4.67. The van der Waals surface area contributed by atoms with Crippen LogP contribution in [0.5, 0.6) is 0 Å². The Kier molecular flexibility index (Phi) is 4.58. The van der Waals surface area contributed by atoms with Gasteiger partial charge in [0, 0.05) is 13.0 Å². The molecule has 1 unspecified atom stereocenters. The molecule has 1 fully saturated rings. The first-order valence-electron chi connectivity index (χ1n) is 8.79. The number of furan rings is 1. The number of benzene rings is 1. The van der Waals surface area contributed by atoms with Crippen LogP contribution in [-0.2, 0) is 27.5 Å². The molecule has 3 heterocycles. The second-order valence-electron chi connectivity index (χ2n) is 6.61. The molecule has 27 heavy (non-hydrogen) atoms. The summed E-state index contributed by atoms with van der Waals surface area (Å²) >= 11 is 0. The number of amides is 1. The average Bonchev–Trinajstić information content (AvgIpc) is 3.30. The van der Waals surface area contributed by atoms with E-state index in [1.165, 1.54) is 0 Å². The molecule has 7 nitrogen and oxygen atoms in total. The van der Waals surface area contributed by atoms with Gasteiger partial charge in [-0.2, -0.15) is 0 Å². The summed E-state index contributed by atoms with van der Waals surface area (Å²) < 4.78 is 10.7. The molecule has 0 saturated carbocycles. The van der Waals surface area contributed by atoms with Crippen LogP contribution >= 0.6 is 0 Å². The van der Waals surface area contributed by atoms with E-state index in [-0.39, 0.29) is 24.9 Å². The fraction of sp³-hybridized carbons (Fsp3) is 0.300. The normalized spacial score (nSPS) is 16.9. The van der Waals surface area contributed by atoms with Crippen LogP contribution in [0.4, 0.5) is 0 Å². The number of likely N-dealkylation sites (tertiary alicyclic amines) is 1. The molecule has 0 radical (unpaired) electrons. The Morgan fingerprint density at radius 2 is 2.00 bits per heavy atom. The van der Waals surface area contributed by atoms with Crippen molar-refractivity contribution in [2.45, 2.75) is 26.5 Å². The van der Waals surface area contributed by atoms with Crippen molar-refractivity contribution in [3.8, 4) is 0 Å². The third kappa shape index (κ3) is 3.67. The Labute approximate surface area is 156 Å². The number of rotatable bonds is 5. The van der Waals surface area contributed by atoms with Gasteiger partial charge in [-0.3, -0.25) is 9.59 Å². The molecule has 1 saturated heterocycles. The SMILES string of the molecule is Cc1nc2ccccc2nc1COC(=O)C1CC(=O)N(Cc2ccco2)C1. The molecular weight excluding hydrogens is 346 g/mol. The van der Waals surface area contributed by atoms with Gasteiger partial charge in [-0.1, -0.05) is 12.1 Å². The van der Waals surface area contributed by atoms with Gasteiger partial charge in [0.15, 0.2) is 0 Å². The number of nitrogens with zero attached hydrogens (tertiary/aromatic N) is 3. The summed E-state index contributed by atoms with van der Waals surface area (Å²) in [6.07, 6.45) is 1.72. The molecule has 7 heteroatoms. The van der Waals surface area contributed by atoms with Gasteiger partial charge < -0.3 is 14.1 Å². The van der Waals surface area contributed by atoms with Gasteiger partial charge in [-0.25, -0.2) is 9.97 Å². The van der Waals surface area contributed by atoms with E-state index in [0.717, 1.165) is 16.7 Å². The third-order valence-electron chi connectivity index (χ3n) is 4.67.